The van der Waals surface area contributed by atoms with Crippen LogP contribution in [0.1, 0.15) is 16.8 Å². The fraction of sp³-hybridized carbons (Fsp3) is 0.200. The van der Waals surface area contributed by atoms with E-state index < -0.39 is 0 Å². The number of halogens is 2. The molecule has 0 unspecified atom stereocenters. The summed E-state index contributed by atoms with van der Waals surface area (Å²) in [7, 11) is 1.87. The first-order valence-electron chi connectivity index (χ1n) is 8.15. The Hall–Kier alpha value is -2.30. The minimum Gasteiger partial charge on any atom is -0.487 e. The normalized spacial score (nSPS) is 10.8. The molecule has 0 saturated heterocycles. The van der Waals surface area contributed by atoms with Gasteiger partial charge >= 0.3 is 0 Å². The first-order valence-corrected chi connectivity index (χ1v) is 8.90. The van der Waals surface area contributed by atoms with Gasteiger partial charge in [-0.15, -0.1) is 0 Å². The van der Waals surface area contributed by atoms with Crippen molar-refractivity contribution in [1.29, 1.82) is 0 Å². The van der Waals surface area contributed by atoms with Gasteiger partial charge in [-0.3, -0.25) is 4.98 Å². The molecule has 0 aliphatic heterocycles. The molecule has 3 aromatic rings. The van der Waals surface area contributed by atoms with Gasteiger partial charge in [0.2, 0.25) is 0 Å². The summed E-state index contributed by atoms with van der Waals surface area (Å²) in [4.78, 5) is 8.64. The van der Waals surface area contributed by atoms with Crippen molar-refractivity contribution in [3.05, 3.63) is 75.8 Å². The van der Waals surface area contributed by atoms with Gasteiger partial charge in [0.1, 0.15) is 17.9 Å². The van der Waals surface area contributed by atoms with Gasteiger partial charge in [0.15, 0.2) is 0 Å². The third-order valence-electron chi connectivity index (χ3n) is 4.10. The van der Waals surface area contributed by atoms with E-state index in [1.807, 2.05) is 32.2 Å². The number of ether oxygens (including phenoxy) is 1. The zero-order valence-electron chi connectivity index (χ0n) is 14.6. The van der Waals surface area contributed by atoms with Gasteiger partial charge < -0.3 is 10.1 Å². The Bertz CT molecular complexity index is 952. The largest absolute Gasteiger partial charge is 0.487 e. The number of rotatable bonds is 6. The average Bonchev–Trinajstić information content (AvgIpc) is 2.61. The van der Waals surface area contributed by atoms with Gasteiger partial charge in [-0.05, 0) is 24.6 Å². The maximum atomic E-state index is 6.18. The van der Waals surface area contributed by atoms with E-state index in [2.05, 4.69) is 27.9 Å². The Morgan fingerprint density at radius 2 is 1.96 bits per heavy atom. The summed E-state index contributed by atoms with van der Waals surface area (Å²) in [6.07, 6.45) is 3.83. The number of hydrogen-bond donors (Lipinski definition) is 1. The van der Waals surface area contributed by atoms with Crippen molar-refractivity contribution in [2.75, 3.05) is 7.05 Å². The predicted molar refractivity (Wildman–Crippen MR) is 107 cm³/mol. The van der Waals surface area contributed by atoms with Crippen molar-refractivity contribution in [3.63, 3.8) is 0 Å². The molecule has 0 aliphatic carbocycles. The molecule has 4 nitrogen and oxygen atoms in total. The van der Waals surface area contributed by atoms with Gasteiger partial charge in [0, 0.05) is 48.2 Å². The molecule has 2 aromatic heterocycles. The molecule has 0 saturated carbocycles. The quantitative estimate of drug-likeness (QED) is 0.638. The highest BCUT2D eigenvalue weighted by atomic mass is 35.5. The van der Waals surface area contributed by atoms with Crippen molar-refractivity contribution in [3.8, 4) is 5.75 Å². The molecule has 0 amide bonds. The molecular formula is C20H19Cl2N3O. The van der Waals surface area contributed by atoms with Crippen LogP contribution in [-0.2, 0) is 13.0 Å². The Kier molecular flexibility index (Phi) is 5.64. The van der Waals surface area contributed by atoms with Crippen LogP contribution in [-0.4, -0.2) is 17.0 Å². The zero-order valence-corrected chi connectivity index (χ0v) is 16.2. The Balaban J connectivity index is 1.98. The number of para-hydroxylation sites is 1. The fourth-order valence-electron chi connectivity index (χ4n) is 2.74. The lowest BCUT2D eigenvalue weighted by molar-refractivity contribution is 0.309. The number of likely N-dealkylation sites (N-methyl/N-ethyl adjacent to an activating group) is 1. The number of aryl methyl sites for hydroxylation is 1. The number of pyridine rings is 2. The molecule has 0 radical (unpaired) electrons. The molecule has 3 rings (SSSR count). The van der Waals surface area contributed by atoms with Crippen LogP contribution in [0.3, 0.4) is 0 Å². The van der Waals surface area contributed by atoms with Crippen molar-refractivity contribution >= 4 is 34.1 Å². The van der Waals surface area contributed by atoms with Crippen molar-refractivity contribution < 1.29 is 4.74 Å². The summed E-state index contributed by atoms with van der Waals surface area (Å²) in [5, 5.41) is 5.09. The second kappa shape index (κ2) is 7.94. The maximum Gasteiger partial charge on any atom is 0.146 e. The maximum absolute atomic E-state index is 6.18. The standard InChI is InChI=1S/C20H19Cl2N3O/c1-12(23-3)7-14-8-13(2)25-20-15(14)5-4-6-19(20)26-11-16-17(21)9-24-10-18(16)22/h4-6,8-10,23H,1,7,11H2,2-3H3. The predicted octanol–water partition coefficient (Wildman–Crippen LogP) is 5.10. The van der Waals surface area contributed by atoms with Crippen molar-refractivity contribution in [2.24, 2.45) is 0 Å². The lowest BCUT2D eigenvalue weighted by Crippen LogP contribution is -2.08. The summed E-state index contributed by atoms with van der Waals surface area (Å²) in [6.45, 7) is 6.24. The highest BCUT2D eigenvalue weighted by Crippen LogP contribution is 2.30. The first-order chi connectivity index (χ1) is 12.5. The summed E-state index contributed by atoms with van der Waals surface area (Å²) in [5.41, 5.74) is 4.53. The minimum atomic E-state index is 0.244. The molecule has 0 spiro atoms. The number of nitrogens with one attached hydrogen (secondary N) is 1. The van der Waals surface area contributed by atoms with E-state index in [-0.39, 0.29) is 6.61 Å². The van der Waals surface area contributed by atoms with Crippen LogP contribution in [0, 0.1) is 6.92 Å². The number of nitrogens with zero attached hydrogens (tertiary/aromatic N) is 2. The molecule has 0 aliphatic rings. The van der Waals surface area contributed by atoms with Gasteiger partial charge in [0.25, 0.3) is 0 Å². The molecule has 134 valence electrons. The smallest absolute Gasteiger partial charge is 0.146 e. The fourth-order valence-corrected chi connectivity index (χ4v) is 3.22. The summed E-state index contributed by atoms with van der Waals surface area (Å²) < 4.78 is 6.01. The number of hydrogen-bond acceptors (Lipinski definition) is 4. The lowest BCUT2D eigenvalue weighted by atomic mass is 10.0. The average molecular weight is 388 g/mol. The topological polar surface area (TPSA) is 47.0 Å². The number of fused-ring (bicyclic) bond motifs is 1. The van der Waals surface area contributed by atoms with Gasteiger partial charge in [-0.1, -0.05) is 41.9 Å². The van der Waals surface area contributed by atoms with Gasteiger partial charge in [-0.25, -0.2) is 4.98 Å². The van der Waals surface area contributed by atoms with Crippen molar-refractivity contribution in [2.45, 2.75) is 20.0 Å². The Labute approximate surface area is 162 Å². The third kappa shape index (κ3) is 3.92. The highest BCUT2D eigenvalue weighted by molar-refractivity contribution is 6.35. The van der Waals surface area contributed by atoms with Crippen LogP contribution >= 0.6 is 23.2 Å². The number of benzene rings is 1. The SMILES string of the molecule is C=C(Cc1cc(C)nc2c(OCc3c(Cl)cncc3Cl)cccc12)NC. The lowest BCUT2D eigenvalue weighted by Gasteiger charge is -2.14. The van der Waals surface area contributed by atoms with Gasteiger partial charge in [-0.2, -0.15) is 0 Å². The van der Waals surface area contributed by atoms with Crippen LogP contribution < -0.4 is 10.1 Å². The Morgan fingerprint density at radius 1 is 1.23 bits per heavy atom. The molecule has 6 heteroatoms. The highest BCUT2D eigenvalue weighted by Gasteiger charge is 2.12. The molecule has 1 aromatic carbocycles. The summed E-state index contributed by atoms with van der Waals surface area (Å²) in [6, 6.07) is 7.97. The number of allylic oxidation sites excluding steroid dienone is 1. The van der Waals surface area contributed by atoms with E-state index in [1.165, 1.54) is 0 Å². The van der Waals surface area contributed by atoms with E-state index in [9.17, 15) is 0 Å². The van der Waals surface area contributed by atoms with E-state index in [4.69, 9.17) is 27.9 Å². The third-order valence-corrected chi connectivity index (χ3v) is 4.75. The summed E-state index contributed by atoms with van der Waals surface area (Å²) in [5.74, 6) is 0.687. The molecule has 0 fully saturated rings. The molecule has 0 bridgehead atoms. The van der Waals surface area contributed by atoms with Crippen LogP contribution in [0.2, 0.25) is 10.0 Å². The molecule has 1 N–H and O–H groups in total. The van der Waals surface area contributed by atoms with E-state index in [0.717, 1.165) is 34.3 Å². The minimum absolute atomic E-state index is 0.244. The van der Waals surface area contributed by atoms with Crippen LogP contribution in [0.25, 0.3) is 10.9 Å². The molecule has 2 heterocycles. The second-order valence-electron chi connectivity index (χ2n) is 5.98. The molecule has 0 atom stereocenters. The van der Waals surface area contributed by atoms with Crippen molar-refractivity contribution in [1.82, 2.24) is 15.3 Å². The molecular weight excluding hydrogens is 369 g/mol. The first kappa shape index (κ1) is 18.5. The van der Waals surface area contributed by atoms with Gasteiger partial charge in [0.05, 0.1) is 10.0 Å². The van der Waals surface area contributed by atoms with Crippen LogP contribution in [0.15, 0.2) is 48.9 Å². The van der Waals surface area contributed by atoms with E-state index in [0.29, 0.717) is 21.4 Å². The van der Waals surface area contributed by atoms with E-state index in [1.54, 1.807) is 12.4 Å². The second-order valence-corrected chi connectivity index (χ2v) is 6.79. The monoisotopic (exact) mass is 387 g/mol. The van der Waals surface area contributed by atoms with Crippen LogP contribution in [0.5, 0.6) is 5.75 Å². The zero-order chi connectivity index (χ0) is 18.7. The molecule has 26 heavy (non-hydrogen) atoms. The Morgan fingerprint density at radius 3 is 2.65 bits per heavy atom. The van der Waals surface area contributed by atoms with Crippen LogP contribution in [0.4, 0.5) is 0 Å². The summed E-state index contributed by atoms with van der Waals surface area (Å²) >= 11 is 12.4. The van der Waals surface area contributed by atoms with E-state index >= 15 is 0 Å². The number of aromatic nitrogens is 2.